The van der Waals surface area contributed by atoms with Crippen molar-refractivity contribution in [2.24, 2.45) is 0 Å². The van der Waals surface area contributed by atoms with Crippen molar-refractivity contribution in [1.82, 2.24) is 5.32 Å². The van der Waals surface area contributed by atoms with Gasteiger partial charge in [-0.05, 0) is 28.7 Å². The normalized spacial score (nSPS) is 20.4. The van der Waals surface area contributed by atoms with Gasteiger partial charge in [-0.2, -0.15) is 0 Å². The van der Waals surface area contributed by atoms with Gasteiger partial charge >= 0.3 is 0 Å². The highest BCUT2D eigenvalue weighted by Gasteiger charge is 2.27. The van der Waals surface area contributed by atoms with Crippen molar-refractivity contribution in [2.45, 2.75) is 18.5 Å². The van der Waals surface area contributed by atoms with E-state index in [-0.39, 0.29) is 6.04 Å². The van der Waals surface area contributed by atoms with Crippen LogP contribution in [-0.4, -0.2) is 0 Å². The summed E-state index contributed by atoms with van der Waals surface area (Å²) in [5.41, 5.74) is 5.54. The molecule has 0 fully saturated rings. The van der Waals surface area contributed by atoms with Crippen LogP contribution in [0.5, 0.6) is 0 Å². The molecule has 1 nitrogen and oxygen atoms in total. The summed E-state index contributed by atoms with van der Waals surface area (Å²) in [4.78, 5) is 0. The van der Waals surface area contributed by atoms with Crippen LogP contribution < -0.4 is 5.32 Å². The summed E-state index contributed by atoms with van der Waals surface area (Å²) in [7, 11) is 0. The predicted octanol–water partition coefficient (Wildman–Crippen LogP) is 4.66. The second-order valence-electron chi connectivity index (χ2n) is 5.88. The number of nitrogens with one attached hydrogen (secondary N) is 1. The van der Waals surface area contributed by atoms with Crippen LogP contribution in [0.15, 0.2) is 84.9 Å². The Bertz CT molecular complexity index is 749. The number of hydrogen-bond acceptors (Lipinski definition) is 1. The summed E-state index contributed by atoms with van der Waals surface area (Å²) < 4.78 is 0. The molecule has 108 valence electrons. The van der Waals surface area contributed by atoms with Crippen LogP contribution >= 0.6 is 0 Å². The Morgan fingerprint density at radius 1 is 0.636 bits per heavy atom. The SMILES string of the molecule is c1ccc(C2Cc3ccccc3C(c3ccccc3)N2)cc1. The quantitative estimate of drug-likeness (QED) is 0.722. The van der Waals surface area contributed by atoms with Crippen molar-refractivity contribution < 1.29 is 0 Å². The predicted molar refractivity (Wildman–Crippen MR) is 90.7 cm³/mol. The monoisotopic (exact) mass is 285 g/mol. The van der Waals surface area contributed by atoms with Crippen LogP contribution in [0.1, 0.15) is 34.3 Å². The average Bonchev–Trinajstić information content (AvgIpc) is 2.62. The second kappa shape index (κ2) is 5.78. The average molecular weight is 285 g/mol. The van der Waals surface area contributed by atoms with Crippen molar-refractivity contribution in [3.05, 3.63) is 107 Å². The molecule has 0 aliphatic carbocycles. The van der Waals surface area contributed by atoms with Gasteiger partial charge in [0.25, 0.3) is 0 Å². The van der Waals surface area contributed by atoms with Gasteiger partial charge in [-0.1, -0.05) is 84.9 Å². The number of benzene rings is 3. The lowest BCUT2D eigenvalue weighted by molar-refractivity contribution is 0.451. The van der Waals surface area contributed by atoms with Crippen LogP contribution in [0.4, 0.5) is 0 Å². The van der Waals surface area contributed by atoms with Crippen molar-refractivity contribution in [3.8, 4) is 0 Å². The molecule has 1 heterocycles. The molecule has 0 saturated heterocycles. The van der Waals surface area contributed by atoms with Crippen LogP contribution in [0, 0.1) is 0 Å². The molecule has 22 heavy (non-hydrogen) atoms. The molecule has 0 amide bonds. The molecule has 0 bridgehead atoms. The van der Waals surface area contributed by atoms with Gasteiger partial charge in [-0.25, -0.2) is 0 Å². The van der Waals surface area contributed by atoms with Gasteiger partial charge in [0.2, 0.25) is 0 Å². The minimum absolute atomic E-state index is 0.261. The van der Waals surface area contributed by atoms with Crippen molar-refractivity contribution in [2.75, 3.05) is 0 Å². The lowest BCUT2D eigenvalue weighted by atomic mass is 9.84. The summed E-state index contributed by atoms with van der Waals surface area (Å²) >= 11 is 0. The number of hydrogen-bond donors (Lipinski definition) is 1. The fraction of sp³-hybridized carbons (Fsp3) is 0.143. The van der Waals surface area contributed by atoms with E-state index in [9.17, 15) is 0 Å². The highest BCUT2D eigenvalue weighted by Crippen LogP contribution is 2.35. The maximum atomic E-state index is 3.84. The Morgan fingerprint density at radius 2 is 1.23 bits per heavy atom. The van der Waals surface area contributed by atoms with Gasteiger partial charge in [-0.15, -0.1) is 0 Å². The van der Waals surface area contributed by atoms with Crippen molar-refractivity contribution >= 4 is 0 Å². The standard InChI is InChI=1S/C21H19N/c1-3-9-16(10-4-1)20-15-18-13-7-8-14-19(18)21(22-20)17-11-5-2-6-12-17/h1-14,20-22H,15H2. The van der Waals surface area contributed by atoms with E-state index in [1.54, 1.807) is 0 Å². The topological polar surface area (TPSA) is 12.0 Å². The fourth-order valence-corrected chi connectivity index (χ4v) is 3.39. The van der Waals surface area contributed by atoms with E-state index < -0.39 is 0 Å². The molecule has 1 aliphatic rings. The highest BCUT2D eigenvalue weighted by molar-refractivity contribution is 5.41. The van der Waals surface area contributed by atoms with Gasteiger partial charge in [-0.3, -0.25) is 5.32 Å². The van der Waals surface area contributed by atoms with E-state index in [0.717, 1.165) is 6.42 Å². The van der Waals surface area contributed by atoms with Gasteiger partial charge in [0.15, 0.2) is 0 Å². The summed E-state index contributed by atoms with van der Waals surface area (Å²) in [6.45, 7) is 0. The van der Waals surface area contributed by atoms with Crippen LogP contribution in [-0.2, 0) is 6.42 Å². The molecule has 3 aromatic rings. The van der Waals surface area contributed by atoms with Gasteiger partial charge in [0, 0.05) is 6.04 Å². The molecular weight excluding hydrogens is 266 g/mol. The smallest absolute Gasteiger partial charge is 0.0584 e. The zero-order valence-corrected chi connectivity index (χ0v) is 12.4. The third-order valence-corrected chi connectivity index (χ3v) is 4.49. The molecule has 0 spiro atoms. The number of fused-ring (bicyclic) bond motifs is 1. The Hall–Kier alpha value is -2.38. The molecule has 0 saturated carbocycles. The van der Waals surface area contributed by atoms with Crippen molar-refractivity contribution in [3.63, 3.8) is 0 Å². The molecule has 3 aromatic carbocycles. The first kappa shape index (κ1) is 13.3. The third-order valence-electron chi connectivity index (χ3n) is 4.49. The minimum atomic E-state index is 0.261. The molecule has 1 N–H and O–H groups in total. The van der Waals surface area contributed by atoms with Gasteiger partial charge in [0.1, 0.15) is 0 Å². The molecule has 0 aromatic heterocycles. The summed E-state index contributed by atoms with van der Waals surface area (Å²) in [5, 5.41) is 3.84. The summed E-state index contributed by atoms with van der Waals surface area (Å²) in [5.74, 6) is 0. The Balaban J connectivity index is 1.77. The van der Waals surface area contributed by atoms with Crippen LogP contribution in [0.3, 0.4) is 0 Å². The first-order valence-corrected chi connectivity index (χ1v) is 7.85. The molecule has 1 heteroatoms. The van der Waals surface area contributed by atoms with Crippen LogP contribution in [0.25, 0.3) is 0 Å². The fourth-order valence-electron chi connectivity index (χ4n) is 3.39. The van der Waals surface area contributed by atoms with E-state index in [2.05, 4.69) is 90.2 Å². The highest BCUT2D eigenvalue weighted by atomic mass is 15.0. The van der Waals surface area contributed by atoms with E-state index >= 15 is 0 Å². The summed E-state index contributed by atoms with van der Waals surface area (Å²) in [6, 6.07) is 30.9. The van der Waals surface area contributed by atoms with Crippen molar-refractivity contribution in [1.29, 1.82) is 0 Å². The molecule has 4 rings (SSSR count). The Morgan fingerprint density at radius 3 is 1.95 bits per heavy atom. The summed E-state index contributed by atoms with van der Waals surface area (Å²) in [6.07, 6.45) is 1.05. The van der Waals surface area contributed by atoms with Crippen LogP contribution in [0.2, 0.25) is 0 Å². The third kappa shape index (κ3) is 2.44. The van der Waals surface area contributed by atoms with E-state index in [0.29, 0.717) is 6.04 Å². The van der Waals surface area contributed by atoms with Gasteiger partial charge < -0.3 is 0 Å². The van der Waals surface area contributed by atoms with Gasteiger partial charge in [0.05, 0.1) is 6.04 Å². The largest absolute Gasteiger partial charge is 0.299 e. The van der Waals surface area contributed by atoms with E-state index in [1.165, 1.54) is 22.3 Å². The van der Waals surface area contributed by atoms with E-state index in [4.69, 9.17) is 0 Å². The zero-order chi connectivity index (χ0) is 14.8. The molecule has 2 unspecified atom stereocenters. The number of rotatable bonds is 2. The zero-order valence-electron chi connectivity index (χ0n) is 12.4. The molecular formula is C21H19N. The first-order chi connectivity index (χ1) is 10.9. The maximum Gasteiger partial charge on any atom is 0.0584 e. The maximum absolute atomic E-state index is 3.84. The minimum Gasteiger partial charge on any atom is -0.299 e. The molecule has 2 atom stereocenters. The van der Waals surface area contributed by atoms with E-state index in [1.807, 2.05) is 0 Å². The lowest BCUT2D eigenvalue weighted by Gasteiger charge is -2.34. The Kier molecular flexibility index (Phi) is 3.49. The first-order valence-electron chi connectivity index (χ1n) is 7.85. The Labute approximate surface area is 131 Å². The molecule has 0 radical (unpaired) electrons. The lowest BCUT2D eigenvalue weighted by Crippen LogP contribution is -2.34. The molecule has 1 aliphatic heterocycles. The second-order valence-corrected chi connectivity index (χ2v) is 5.88.